The molecule has 1 aliphatic heterocycles. The van der Waals surface area contributed by atoms with E-state index in [9.17, 15) is 8.42 Å². The van der Waals surface area contributed by atoms with Crippen LogP contribution < -0.4 is 4.72 Å². The van der Waals surface area contributed by atoms with Crippen molar-refractivity contribution in [3.05, 3.63) is 0 Å². The van der Waals surface area contributed by atoms with E-state index in [2.05, 4.69) is 9.62 Å². The maximum absolute atomic E-state index is 11.8. The molecule has 2 aliphatic rings. The number of nitrogens with zero attached hydrogens (tertiary/aromatic N) is 1. The van der Waals surface area contributed by atoms with Crippen molar-refractivity contribution in [2.45, 2.75) is 25.8 Å². The monoisotopic (exact) mass is 262 g/mol. The first kappa shape index (κ1) is 13.3. The van der Waals surface area contributed by atoms with E-state index in [1.807, 2.05) is 6.92 Å². The molecule has 0 amide bonds. The third kappa shape index (κ3) is 4.91. The molecule has 0 aromatic carbocycles. The van der Waals surface area contributed by atoms with Gasteiger partial charge in [-0.25, -0.2) is 13.1 Å². The number of ether oxygens (including phenoxy) is 1. The quantitative estimate of drug-likeness (QED) is 0.734. The molecule has 0 spiro atoms. The Morgan fingerprint density at radius 1 is 1.35 bits per heavy atom. The Morgan fingerprint density at radius 2 is 2.00 bits per heavy atom. The van der Waals surface area contributed by atoms with Gasteiger partial charge < -0.3 is 4.74 Å². The van der Waals surface area contributed by atoms with Crippen molar-refractivity contribution in [1.82, 2.24) is 9.62 Å². The van der Waals surface area contributed by atoms with E-state index in [1.54, 1.807) is 0 Å². The zero-order valence-corrected chi connectivity index (χ0v) is 11.2. The molecule has 6 heteroatoms. The molecule has 0 bridgehead atoms. The summed E-state index contributed by atoms with van der Waals surface area (Å²) in [4.78, 5) is 2.24. The standard InChI is InChI=1S/C11H22N2O3S/c1-10(8-13-4-6-16-7-5-13)12-17(14,15)9-11-2-3-11/h10-12H,2-9H2,1H3. The van der Waals surface area contributed by atoms with Gasteiger partial charge in [-0.3, -0.25) is 4.90 Å². The maximum Gasteiger partial charge on any atom is 0.212 e. The van der Waals surface area contributed by atoms with Crippen molar-refractivity contribution in [1.29, 1.82) is 0 Å². The van der Waals surface area contributed by atoms with Gasteiger partial charge in [-0.15, -0.1) is 0 Å². The molecular weight excluding hydrogens is 240 g/mol. The van der Waals surface area contributed by atoms with Gasteiger partial charge in [0.15, 0.2) is 0 Å². The second-order valence-corrected chi connectivity index (χ2v) is 6.96. The Balaban J connectivity index is 1.73. The van der Waals surface area contributed by atoms with Crippen LogP contribution in [0.2, 0.25) is 0 Å². The second kappa shape index (κ2) is 5.65. The molecule has 1 atom stereocenters. The topological polar surface area (TPSA) is 58.6 Å². The summed E-state index contributed by atoms with van der Waals surface area (Å²) in [6.07, 6.45) is 2.14. The van der Waals surface area contributed by atoms with Crippen LogP contribution in [-0.2, 0) is 14.8 Å². The molecule has 1 heterocycles. The first-order chi connectivity index (χ1) is 8.05. The molecule has 1 aliphatic carbocycles. The van der Waals surface area contributed by atoms with E-state index in [0.717, 1.165) is 45.7 Å². The van der Waals surface area contributed by atoms with E-state index in [4.69, 9.17) is 4.74 Å². The van der Waals surface area contributed by atoms with Crippen molar-refractivity contribution in [2.75, 3.05) is 38.6 Å². The predicted molar refractivity (Wildman–Crippen MR) is 66.4 cm³/mol. The van der Waals surface area contributed by atoms with Gasteiger partial charge in [-0.1, -0.05) is 0 Å². The number of nitrogens with one attached hydrogen (secondary N) is 1. The average Bonchev–Trinajstić information content (AvgIpc) is 3.01. The Morgan fingerprint density at radius 3 is 2.59 bits per heavy atom. The minimum atomic E-state index is -3.08. The fourth-order valence-electron chi connectivity index (χ4n) is 2.16. The van der Waals surface area contributed by atoms with Crippen LogP contribution in [0.25, 0.3) is 0 Å². The zero-order chi connectivity index (χ0) is 12.3. The van der Waals surface area contributed by atoms with E-state index in [-0.39, 0.29) is 6.04 Å². The summed E-state index contributed by atoms with van der Waals surface area (Å²) in [5, 5.41) is 0. The fraction of sp³-hybridized carbons (Fsp3) is 1.00. The average molecular weight is 262 g/mol. The zero-order valence-electron chi connectivity index (χ0n) is 10.4. The Labute approximate surface area is 104 Å². The van der Waals surface area contributed by atoms with Crippen LogP contribution in [0.1, 0.15) is 19.8 Å². The first-order valence-corrected chi connectivity index (χ1v) is 8.00. The lowest BCUT2D eigenvalue weighted by molar-refractivity contribution is 0.0354. The van der Waals surface area contributed by atoms with Crippen LogP contribution >= 0.6 is 0 Å². The second-order valence-electron chi connectivity index (χ2n) is 5.16. The van der Waals surface area contributed by atoms with E-state index >= 15 is 0 Å². The molecule has 17 heavy (non-hydrogen) atoms. The normalized spacial score (nSPS) is 24.8. The molecule has 0 aromatic rings. The van der Waals surface area contributed by atoms with Crippen molar-refractivity contribution in [3.8, 4) is 0 Å². The van der Waals surface area contributed by atoms with Crippen molar-refractivity contribution in [2.24, 2.45) is 5.92 Å². The lowest BCUT2D eigenvalue weighted by Gasteiger charge is -2.29. The van der Waals surface area contributed by atoms with E-state index < -0.39 is 10.0 Å². The SMILES string of the molecule is CC(CN1CCOCC1)NS(=O)(=O)CC1CC1. The van der Waals surface area contributed by atoms with E-state index in [0.29, 0.717) is 11.7 Å². The predicted octanol–water partition coefficient (Wildman–Crippen LogP) is 0.0365. The molecule has 0 aromatic heterocycles. The molecule has 5 nitrogen and oxygen atoms in total. The molecule has 2 fully saturated rings. The number of sulfonamides is 1. The first-order valence-electron chi connectivity index (χ1n) is 6.35. The van der Waals surface area contributed by atoms with Crippen LogP contribution in [0.15, 0.2) is 0 Å². The molecular formula is C11H22N2O3S. The van der Waals surface area contributed by atoms with Crippen LogP contribution in [0.4, 0.5) is 0 Å². The van der Waals surface area contributed by atoms with Gasteiger partial charge in [0.2, 0.25) is 10.0 Å². The highest BCUT2D eigenvalue weighted by atomic mass is 32.2. The van der Waals surface area contributed by atoms with Crippen LogP contribution in [-0.4, -0.2) is 58.0 Å². The highest BCUT2D eigenvalue weighted by Gasteiger charge is 2.29. The maximum atomic E-state index is 11.8. The highest BCUT2D eigenvalue weighted by molar-refractivity contribution is 7.89. The number of morpholine rings is 1. The van der Waals surface area contributed by atoms with Crippen LogP contribution in [0, 0.1) is 5.92 Å². The minimum Gasteiger partial charge on any atom is -0.379 e. The smallest absolute Gasteiger partial charge is 0.212 e. The number of hydrogen-bond donors (Lipinski definition) is 1. The molecule has 0 radical (unpaired) electrons. The lowest BCUT2D eigenvalue weighted by Crippen LogP contribution is -2.46. The summed E-state index contributed by atoms with van der Waals surface area (Å²) < 4.78 is 31.6. The van der Waals surface area contributed by atoms with Crippen LogP contribution in [0.5, 0.6) is 0 Å². The van der Waals surface area contributed by atoms with Gasteiger partial charge in [0.05, 0.1) is 19.0 Å². The summed E-state index contributed by atoms with van der Waals surface area (Å²) in [5.41, 5.74) is 0. The summed E-state index contributed by atoms with van der Waals surface area (Å²) in [7, 11) is -3.08. The minimum absolute atomic E-state index is 0.0168. The van der Waals surface area contributed by atoms with Crippen molar-refractivity contribution in [3.63, 3.8) is 0 Å². The van der Waals surface area contributed by atoms with E-state index in [1.165, 1.54) is 0 Å². The molecule has 1 saturated heterocycles. The molecule has 1 saturated carbocycles. The molecule has 1 N–H and O–H groups in total. The lowest BCUT2D eigenvalue weighted by atomic mass is 10.3. The Kier molecular flexibility index (Phi) is 4.41. The van der Waals surface area contributed by atoms with Gasteiger partial charge >= 0.3 is 0 Å². The van der Waals surface area contributed by atoms with Gasteiger partial charge in [-0.05, 0) is 25.7 Å². The van der Waals surface area contributed by atoms with Crippen molar-refractivity contribution < 1.29 is 13.2 Å². The largest absolute Gasteiger partial charge is 0.379 e. The van der Waals surface area contributed by atoms with Gasteiger partial charge in [0, 0.05) is 25.7 Å². The van der Waals surface area contributed by atoms with Gasteiger partial charge in [-0.2, -0.15) is 0 Å². The van der Waals surface area contributed by atoms with Gasteiger partial charge in [0.25, 0.3) is 0 Å². The number of hydrogen-bond acceptors (Lipinski definition) is 4. The fourth-order valence-corrected chi connectivity index (χ4v) is 3.90. The Bertz CT molecular complexity index is 335. The Hall–Kier alpha value is -0.170. The van der Waals surface area contributed by atoms with Gasteiger partial charge in [0.1, 0.15) is 0 Å². The van der Waals surface area contributed by atoms with Crippen LogP contribution in [0.3, 0.4) is 0 Å². The summed E-state index contributed by atoms with van der Waals surface area (Å²) in [5.74, 6) is 0.712. The highest BCUT2D eigenvalue weighted by Crippen LogP contribution is 2.29. The number of rotatable bonds is 6. The summed E-state index contributed by atoms with van der Waals surface area (Å²) in [6, 6.07) is -0.0168. The molecule has 2 rings (SSSR count). The summed E-state index contributed by atoms with van der Waals surface area (Å²) >= 11 is 0. The third-order valence-electron chi connectivity index (χ3n) is 3.17. The van der Waals surface area contributed by atoms with Crippen molar-refractivity contribution >= 4 is 10.0 Å². The summed E-state index contributed by atoms with van der Waals surface area (Å²) in [6.45, 7) is 6.00. The third-order valence-corrected chi connectivity index (χ3v) is 4.84. The molecule has 100 valence electrons. The molecule has 1 unspecified atom stereocenters.